The molecule has 1 aliphatic heterocycles. The summed E-state index contributed by atoms with van der Waals surface area (Å²) in [7, 11) is 0. The van der Waals surface area contributed by atoms with Crippen LogP contribution in [0.25, 0.3) is 0 Å². The van der Waals surface area contributed by atoms with Gasteiger partial charge in [0.15, 0.2) is 6.17 Å². The summed E-state index contributed by atoms with van der Waals surface area (Å²) in [6.07, 6.45) is -0.250. The Hall–Kier alpha value is -0.360. The predicted molar refractivity (Wildman–Crippen MR) is 76.4 cm³/mol. The zero-order chi connectivity index (χ0) is 14.0. The van der Waals surface area contributed by atoms with Crippen molar-refractivity contribution in [2.75, 3.05) is 13.1 Å². The Morgan fingerprint density at radius 3 is 2.63 bits per heavy atom. The molecule has 2 rings (SSSR count). The quantitative estimate of drug-likeness (QED) is 0.925. The van der Waals surface area contributed by atoms with E-state index in [0.717, 1.165) is 18.7 Å². The molecule has 0 bridgehead atoms. The fraction of sp³-hybridized carbons (Fsp3) is 0.583. The summed E-state index contributed by atoms with van der Waals surface area (Å²) in [5.41, 5.74) is 5.99. The number of rotatable bonds is 4. The Morgan fingerprint density at radius 1 is 1.53 bits per heavy atom. The summed E-state index contributed by atoms with van der Waals surface area (Å²) in [5, 5.41) is 0. The molecule has 0 radical (unpaired) electrons. The lowest BCUT2D eigenvalue weighted by molar-refractivity contribution is -0.125. The van der Waals surface area contributed by atoms with Crippen molar-refractivity contribution in [3.05, 3.63) is 20.3 Å². The van der Waals surface area contributed by atoms with E-state index in [0.29, 0.717) is 28.1 Å². The van der Waals surface area contributed by atoms with E-state index < -0.39 is 12.1 Å². The van der Waals surface area contributed by atoms with Crippen LogP contribution in [0.5, 0.6) is 0 Å². The summed E-state index contributed by atoms with van der Waals surface area (Å²) in [5.74, 6) is -1.11. The Bertz CT molecular complexity index is 461. The van der Waals surface area contributed by atoms with Crippen molar-refractivity contribution in [3.63, 3.8) is 0 Å². The summed E-state index contributed by atoms with van der Waals surface area (Å²) in [4.78, 5) is 13.0. The van der Waals surface area contributed by atoms with E-state index in [1.54, 1.807) is 0 Å². The highest BCUT2D eigenvalue weighted by Crippen LogP contribution is 2.33. The maximum absolute atomic E-state index is 13.5. The lowest BCUT2D eigenvalue weighted by Gasteiger charge is -2.32. The Morgan fingerprint density at radius 2 is 2.16 bits per heavy atom. The van der Waals surface area contributed by atoms with Gasteiger partial charge < -0.3 is 5.73 Å². The van der Waals surface area contributed by atoms with Crippen LogP contribution < -0.4 is 5.73 Å². The van der Waals surface area contributed by atoms with Crippen LogP contribution in [-0.4, -0.2) is 30.1 Å². The lowest BCUT2D eigenvalue weighted by atomic mass is 9.91. The second-order valence-corrected chi connectivity index (χ2v) is 7.05. The van der Waals surface area contributed by atoms with Crippen molar-refractivity contribution in [1.82, 2.24) is 4.90 Å². The van der Waals surface area contributed by atoms with E-state index >= 15 is 0 Å². The standard InChI is InChI=1S/C12H15Cl2FN2OS/c13-9-5-8(11(14)19-9)6-17-3-1-7(2-4-17)10(15)12(16)18/h5,7,10H,1-4,6H2,(H2,16,18). The van der Waals surface area contributed by atoms with Gasteiger partial charge in [0, 0.05) is 12.5 Å². The van der Waals surface area contributed by atoms with Gasteiger partial charge in [-0.3, -0.25) is 9.69 Å². The van der Waals surface area contributed by atoms with Crippen LogP contribution in [0.3, 0.4) is 0 Å². The number of likely N-dealkylation sites (tertiary alicyclic amines) is 1. The second kappa shape index (κ2) is 6.39. The number of primary amides is 1. The molecule has 2 heterocycles. The van der Waals surface area contributed by atoms with Gasteiger partial charge in [-0.05, 0) is 37.6 Å². The third-order valence-corrected chi connectivity index (χ3v) is 5.01. The third-order valence-electron chi connectivity index (χ3n) is 3.44. The summed E-state index contributed by atoms with van der Waals surface area (Å²) in [6.45, 7) is 2.19. The minimum atomic E-state index is -1.53. The predicted octanol–water partition coefficient (Wildman–Crippen LogP) is 3.09. The molecular formula is C12H15Cl2FN2OS. The van der Waals surface area contributed by atoms with E-state index in [2.05, 4.69) is 4.90 Å². The van der Waals surface area contributed by atoms with E-state index in [9.17, 15) is 9.18 Å². The maximum Gasteiger partial charge on any atom is 0.252 e. The van der Waals surface area contributed by atoms with E-state index in [-0.39, 0.29) is 5.92 Å². The minimum absolute atomic E-state index is 0.254. The monoisotopic (exact) mass is 324 g/mol. The zero-order valence-corrected chi connectivity index (χ0v) is 12.6. The van der Waals surface area contributed by atoms with Gasteiger partial charge in [-0.15, -0.1) is 11.3 Å². The molecule has 1 atom stereocenters. The molecule has 3 nitrogen and oxygen atoms in total. The number of carbonyl (C=O) groups excluding carboxylic acids is 1. The number of thiophene rings is 1. The maximum atomic E-state index is 13.5. The molecule has 1 fully saturated rings. The molecule has 19 heavy (non-hydrogen) atoms. The van der Waals surface area contributed by atoms with Gasteiger partial charge in [0.25, 0.3) is 5.91 Å². The second-order valence-electron chi connectivity index (χ2n) is 4.77. The first-order valence-electron chi connectivity index (χ1n) is 6.07. The number of nitrogens with two attached hydrogens (primary N) is 1. The first-order chi connectivity index (χ1) is 8.97. The molecule has 7 heteroatoms. The van der Waals surface area contributed by atoms with E-state index in [1.807, 2.05) is 6.07 Å². The minimum Gasteiger partial charge on any atom is -0.367 e. The molecule has 1 aromatic rings. The lowest BCUT2D eigenvalue weighted by Crippen LogP contribution is -2.40. The van der Waals surface area contributed by atoms with Crippen LogP contribution in [0.4, 0.5) is 4.39 Å². The fourth-order valence-corrected chi connectivity index (χ4v) is 3.83. The fourth-order valence-electron chi connectivity index (χ4n) is 2.36. The smallest absolute Gasteiger partial charge is 0.252 e. The molecule has 0 spiro atoms. The topological polar surface area (TPSA) is 46.3 Å². The number of nitrogens with zero attached hydrogens (tertiary/aromatic N) is 1. The van der Waals surface area contributed by atoms with Gasteiger partial charge in [0.2, 0.25) is 0 Å². The number of hydrogen-bond acceptors (Lipinski definition) is 3. The average molecular weight is 325 g/mol. The molecule has 106 valence electrons. The molecule has 0 saturated carbocycles. The average Bonchev–Trinajstić information content (AvgIpc) is 2.68. The van der Waals surface area contributed by atoms with Crippen LogP contribution in [0, 0.1) is 5.92 Å². The van der Waals surface area contributed by atoms with Crippen molar-refractivity contribution in [2.24, 2.45) is 11.7 Å². The Labute approximate surface area is 125 Å². The Balaban J connectivity index is 1.87. The summed E-state index contributed by atoms with van der Waals surface area (Å²) >= 11 is 13.3. The van der Waals surface area contributed by atoms with Crippen molar-refractivity contribution < 1.29 is 9.18 Å². The van der Waals surface area contributed by atoms with Gasteiger partial charge in [0.1, 0.15) is 0 Å². The van der Waals surface area contributed by atoms with Gasteiger partial charge >= 0.3 is 0 Å². The molecule has 0 aliphatic carbocycles. The van der Waals surface area contributed by atoms with Crippen molar-refractivity contribution in [3.8, 4) is 0 Å². The molecule has 1 amide bonds. The Kier molecular flexibility index (Phi) is 5.06. The third kappa shape index (κ3) is 3.81. The molecule has 0 aromatic carbocycles. The first-order valence-corrected chi connectivity index (χ1v) is 7.64. The van der Waals surface area contributed by atoms with Gasteiger partial charge in [-0.25, -0.2) is 4.39 Å². The van der Waals surface area contributed by atoms with Crippen LogP contribution >= 0.6 is 34.5 Å². The molecule has 1 saturated heterocycles. The number of halogens is 3. The number of amides is 1. The van der Waals surface area contributed by atoms with Crippen molar-refractivity contribution in [1.29, 1.82) is 0 Å². The van der Waals surface area contributed by atoms with E-state index in [4.69, 9.17) is 28.9 Å². The highest BCUT2D eigenvalue weighted by Gasteiger charge is 2.30. The van der Waals surface area contributed by atoms with Gasteiger partial charge in [0.05, 0.1) is 8.67 Å². The molecule has 1 unspecified atom stereocenters. The van der Waals surface area contributed by atoms with Gasteiger partial charge in [-0.2, -0.15) is 0 Å². The van der Waals surface area contributed by atoms with Gasteiger partial charge in [-0.1, -0.05) is 23.2 Å². The normalized spacial score (nSPS) is 19.5. The zero-order valence-electron chi connectivity index (χ0n) is 10.2. The van der Waals surface area contributed by atoms with Crippen molar-refractivity contribution in [2.45, 2.75) is 25.6 Å². The number of piperidine rings is 1. The summed E-state index contributed by atoms with van der Waals surface area (Å²) < 4.78 is 14.9. The molecule has 1 aromatic heterocycles. The largest absolute Gasteiger partial charge is 0.367 e. The molecular weight excluding hydrogens is 310 g/mol. The van der Waals surface area contributed by atoms with E-state index in [1.165, 1.54) is 11.3 Å². The highest BCUT2D eigenvalue weighted by atomic mass is 35.5. The van der Waals surface area contributed by atoms with Crippen LogP contribution in [0.15, 0.2) is 6.07 Å². The van der Waals surface area contributed by atoms with Crippen molar-refractivity contribution >= 4 is 40.4 Å². The molecule has 1 aliphatic rings. The number of alkyl halides is 1. The van der Waals surface area contributed by atoms with Crippen LogP contribution in [0.1, 0.15) is 18.4 Å². The highest BCUT2D eigenvalue weighted by molar-refractivity contribution is 7.20. The summed E-state index contributed by atoms with van der Waals surface area (Å²) in [6, 6.07) is 1.86. The number of carbonyl (C=O) groups is 1. The van der Waals surface area contributed by atoms with Crippen LogP contribution in [0.2, 0.25) is 8.67 Å². The van der Waals surface area contributed by atoms with Crippen LogP contribution in [-0.2, 0) is 11.3 Å². The number of hydrogen-bond donors (Lipinski definition) is 1. The SMILES string of the molecule is NC(=O)C(F)C1CCN(Cc2cc(Cl)sc2Cl)CC1. The first kappa shape index (κ1) is 15.0. The molecule has 2 N–H and O–H groups in total.